The number of hydrogen-bond acceptors (Lipinski definition) is 11. The van der Waals surface area contributed by atoms with Crippen molar-refractivity contribution in [1.82, 2.24) is 15.0 Å². The Bertz CT molecular complexity index is 1010. The fourth-order valence-electron chi connectivity index (χ4n) is 2.14. The third-order valence-electron chi connectivity index (χ3n) is 3.09. The van der Waals surface area contributed by atoms with Gasteiger partial charge < -0.3 is 15.7 Å². The molecule has 3 rings (SSSR count). The average Bonchev–Trinajstić information content (AvgIpc) is 2.59. The van der Waals surface area contributed by atoms with Crippen LogP contribution in [0.3, 0.4) is 0 Å². The van der Waals surface area contributed by atoms with Crippen LogP contribution in [0.25, 0.3) is 10.8 Å². The number of nitrogens with zero attached hydrogens (tertiary/aromatic N) is 4. The van der Waals surface area contributed by atoms with Crippen LogP contribution >= 0.6 is 23.6 Å². The number of hydrogen-bond donors (Lipinski definition) is 3. The van der Waals surface area contributed by atoms with E-state index in [-0.39, 0.29) is 52.5 Å². The molecule has 132 valence electrons. The van der Waals surface area contributed by atoms with Crippen LogP contribution in [0.1, 0.15) is 0 Å². The fourth-order valence-corrected chi connectivity index (χ4v) is 2.74. The first-order valence-corrected chi connectivity index (χ1v) is 7.94. The maximum atomic E-state index is 10.1. The Kier molecular flexibility index (Phi) is 7.84. The van der Waals surface area contributed by atoms with Gasteiger partial charge in [0.15, 0.2) is 6.19 Å². The van der Waals surface area contributed by atoms with Crippen molar-refractivity contribution >= 4 is 52.0 Å². The van der Waals surface area contributed by atoms with Crippen LogP contribution in [-0.4, -0.2) is 20.1 Å². The van der Waals surface area contributed by atoms with Gasteiger partial charge in [-0.25, -0.2) is 0 Å². The molecule has 0 saturated carbocycles. The maximum Gasteiger partial charge on any atom is 1.00 e. The normalized spacial score (nSPS) is 10.1. The molecule has 0 saturated heterocycles. The van der Waals surface area contributed by atoms with Gasteiger partial charge in [-0.15, -0.1) is 0 Å². The quantitative estimate of drug-likeness (QED) is 0.117. The Morgan fingerprint density at radius 3 is 2.70 bits per heavy atom. The molecule has 0 aliphatic heterocycles. The molecule has 0 aliphatic rings. The van der Waals surface area contributed by atoms with Gasteiger partial charge in [-0.2, -0.15) is 24.5 Å². The second-order valence-electron chi connectivity index (χ2n) is 4.71. The van der Waals surface area contributed by atoms with E-state index in [0.717, 1.165) is 0 Å². The Morgan fingerprint density at radius 1 is 1.19 bits per heavy atom. The minimum Gasteiger partial charge on any atom is -0.691 e. The van der Waals surface area contributed by atoms with Crippen LogP contribution in [0, 0.1) is 11.5 Å². The Labute approximate surface area is 183 Å². The second kappa shape index (κ2) is 9.88. The van der Waals surface area contributed by atoms with Crippen molar-refractivity contribution in [3.8, 4) is 11.9 Å². The first kappa shape index (κ1) is 21.4. The zero-order chi connectivity index (χ0) is 18.5. The molecule has 0 fully saturated rings. The number of phenolic OH excluding ortho intramolecular Hbond substituents is 1. The van der Waals surface area contributed by atoms with Crippen molar-refractivity contribution < 1.29 is 49.3 Å². The van der Waals surface area contributed by atoms with E-state index in [0.29, 0.717) is 33.4 Å². The summed E-state index contributed by atoms with van der Waals surface area (Å²) < 4.78 is 4.26. The largest absolute Gasteiger partial charge is 1.00 e. The van der Waals surface area contributed by atoms with Crippen LogP contribution in [0.15, 0.2) is 35.2 Å². The van der Waals surface area contributed by atoms with Crippen LogP contribution < -0.4 is 45.4 Å². The SMILES string of the molecule is N#CNc1nc(Cl)nc(Nc2ccc3c(O)cc(SOO[O-])cc3c2)n1.[Na+]. The second-order valence-corrected chi connectivity index (χ2v) is 5.82. The van der Waals surface area contributed by atoms with Gasteiger partial charge in [-0.1, -0.05) is 0 Å². The molecule has 27 heavy (non-hydrogen) atoms. The topological polar surface area (TPSA) is 148 Å². The number of benzene rings is 2. The smallest absolute Gasteiger partial charge is 0.691 e. The molecule has 10 nitrogen and oxygen atoms in total. The van der Waals surface area contributed by atoms with Crippen molar-refractivity contribution in [3.63, 3.8) is 0 Å². The molecule has 0 unspecified atom stereocenters. The molecule has 3 N–H and O–H groups in total. The molecule has 3 aromatic rings. The molecule has 13 heteroatoms. The summed E-state index contributed by atoms with van der Waals surface area (Å²) in [4.78, 5) is 12.1. The Hall–Kier alpha value is -1.88. The molecule has 2 aromatic carbocycles. The number of nitriles is 1. The Morgan fingerprint density at radius 2 is 1.96 bits per heavy atom. The molecular formula is C14H8ClN6NaO4S. The fraction of sp³-hybridized carbons (Fsp3) is 0. The van der Waals surface area contributed by atoms with Crippen molar-refractivity contribution in [3.05, 3.63) is 35.6 Å². The van der Waals surface area contributed by atoms with Gasteiger partial charge >= 0.3 is 29.6 Å². The number of phenols is 1. The first-order chi connectivity index (χ1) is 12.6. The summed E-state index contributed by atoms with van der Waals surface area (Å²) in [6, 6.07) is 8.22. The van der Waals surface area contributed by atoms with E-state index < -0.39 is 0 Å². The molecule has 0 aliphatic carbocycles. The number of fused-ring (bicyclic) bond motifs is 1. The van der Waals surface area contributed by atoms with E-state index in [2.05, 4.69) is 35.0 Å². The predicted octanol–water partition coefficient (Wildman–Crippen LogP) is -0.745. The summed E-state index contributed by atoms with van der Waals surface area (Å²) in [6.07, 6.45) is 1.69. The van der Waals surface area contributed by atoms with Crippen LogP contribution in [0.5, 0.6) is 5.75 Å². The number of aromatic hydroxyl groups is 1. The van der Waals surface area contributed by atoms with Crippen molar-refractivity contribution in [2.75, 3.05) is 10.6 Å². The number of halogens is 1. The van der Waals surface area contributed by atoms with Gasteiger partial charge in [0.05, 0.1) is 12.0 Å². The van der Waals surface area contributed by atoms with E-state index in [9.17, 15) is 10.4 Å². The average molecular weight is 415 g/mol. The molecule has 1 heterocycles. The third kappa shape index (κ3) is 5.55. The zero-order valence-corrected chi connectivity index (χ0v) is 17.2. The van der Waals surface area contributed by atoms with Crippen LogP contribution in [0.4, 0.5) is 17.6 Å². The number of anilines is 3. The molecule has 0 bridgehead atoms. The summed E-state index contributed by atoms with van der Waals surface area (Å²) in [7, 11) is 0. The predicted molar refractivity (Wildman–Crippen MR) is 91.0 cm³/mol. The molecular weight excluding hydrogens is 407 g/mol. The summed E-state index contributed by atoms with van der Waals surface area (Å²) in [5.41, 5.74) is 0.588. The van der Waals surface area contributed by atoms with Gasteiger partial charge in [0, 0.05) is 16.0 Å². The molecule has 0 radical (unpaired) electrons. The molecule has 0 amide bonds. The molecule has 1 aromatic heterocycles. The van der Waals surface area contributed by atoms with E-state index in [1.54, 1.807) is 30.5 Å². The maximum absolute atomic E-state index is 10.1. The number of aromatic nitrogens is 3. The third-order valence-corrected chi connectivity index (χ3v) is 3.82. The first-order valence-electron chi connectivity index (χ1n) is 6.82. The molecule has 0 atom stereocenters. The zero-order valence-electron chi connectivity index (χ0n) is 13.6. The number of rotatable bonds is 6. The van der Waals surface area contributed by atoms with Crippen molar-refractivity contribution in [2.45, 2.75) is 4.90 Å². The summed E-state index contributed by atoms with van der Waals surface area (Å²) in [5, 5.41) is 38.3. The summed E-state index contributed by atoms with van der Waals surface area (Å²) in [5.74, 6) is 0.136. The monoisotopic (exact) mass is 414 g/mol. The van der Waals surface area contributed by atoms with E-state index in [1.807, 2.05) is 0 Å². The van der Waals surface area contributed by atoms with Gasteiger partial charge in [-0.05, 0) is 47.3 Å². The Balaban J connectivity index is 0.00000261. The van der Waals surface area contributed by atoms with Crippen molar-refractivity contribution in [2.24, 2.45) is 0 Å². The van der Waals surface area contributed by atoms with E-state index >= 15 is 0 Å². The minimum absolute atomic E-state index is 0. The van der Waals surface area contributed by atoms with E-state index in [1.165, 1.54) is 6.07 Å². The van der Waals surface area contributed by atoms with Gasteiger partial charge in [0.2, 0.25) is 17.2 Å². The van der Waals surface area contributed by atoms with Crippen LogP contribution in [0.2, 0.25) is 5.28 Å². The van der Waals surface area contributed by atoms with Crippen molar-refractivity contribution in [1.29, 1.82) is 5.26 Å². The summed E-state index contributed by atoms with van der Waals surface area (Å²) in [6.45, 7) is 0. The van der Waals surface area contributed by atoms with E-state index in [4.69, 9.17) is 16.9 Å². The standard InChI is InChI=1S/C14H9ClN6O4S.Na/c15-12-19-13(17-6-16)21-14(20-12)18-8-1-2-10-7(3-8)4-9(5-11(10)22)26-25-24-23;/h1-5,22-23H,(H2,17,18,19,20,21);/q;+1/p-1. The van der Waals surface area contributed by atoms with Crippen LogP contribution in [-0.2, 0) is 9.37 Å². The van der Waals surface area contributed by atoms with Gasteiger partial charge in [-0.3, -0.25) is 10.4 Å². The molecule has 0 spiro atoms. The number of nitrogens with one attached hydrogen (secondary N) is 2. The van der Waals surface area contributed by atoms with Gasteiger partial charge in [0.25, 0.3) is 0 Å². The minimum atomic E-state index is -0.0906. The summed E-state index contributed by atoms with van der Waals surface area (Å²) >= 11 is 6.46. The van der Waals surface area contributed by atoms with Gasteiger partial charge in [0.1, 0.15) is 5.75 Å².